The van der Waals surface area contributed by atoms with Gasteiger partial charge in [-0.15, -0.1) is 0 Å². The van der Waals surface area contributed by atoms with E-state index in [4.69, 9.17) is 14.6 Å². The Hall–Kier alpha value is -1.82. The Morgan fingerprint density at radius 1 is 1.41 bits per heavy atom. The van der Waals surface area contributed by atoms with Gasteiger partial charge in [-0.3, -0.25) is 10.1 Å². The second-order valence-corrected chi connectivity index (χ2v) is 3.96. The van der Waals surface area contributed by atoms with E-state index in [2.05, 4.69) is 0 Å². The van der Waals surface area contributed by atoms with Crippen LogP contribution in [0.1, 0.15) is 12.8 Å². The molecule has 0 spiro atoms. The normalized spacial score (nSPS) is 22.7. The van der Waals surface area contributed by atoms with E-state index in [9.17, 15) is 10.1 Å². The highest BCUT2D eigenvalue weighted by molar-refractivity contribution is 5.48. The average molecular weight is 239 g/mol. The molecule has 0 atom stereocenters. The van der Waals surface area contributed by atoms with Gasteiger partial charge in [0.25, 0.3) is 5.69 Å². The first-order valence-electron chi connectivity index (χ1n) is 5.27. The van der Waals surface area contributed by atoms with Gasteiger partial charge in [0.1, 0.15) is 6.10 Å². The third kappa shape index (κ3) is 2.47. The summed E-state index contributed by atoms with van der Waals surface area (Å²) in [6.07, 6.45) is 0.670. The van der Waals surface area contributed by atoms with Crippen molar-refractivity contribution in [1.29, 1.82) is 0 Å². The number of rotatable bonds is 4. The zero-order valence-electron chi connectivity index (χ0n) is 9.33. The van der Waals surface area contributed by atoms with E-state index in [0.717, 1.165) is 0 Å². The van der Waals surface area contributed by atoms with Gasteiger partial charge in [0, 0.05) is 18.9 Å². The van der Waals surface area contributed by atoms with E-state index < -0.39 is 4.92 Å². The van der Waals surface area contributed by atoms with Crippen molar-refractivity contribution in [3.8, 4) is 11.5 Å². The molecule has 0 bridgehead atoms. The van der Waals surface area contributed by atoms with Crippen LogP contribution in [0.2, 0.25) is 0 Å². The second kappa shape index (κ2) is 4.58. The number of aliphatic hydroxyl groups is 1. The van der Waals surface area contributed by atoms with Gasteiger partial charge < -0.3 is 14.6 Å². The molecule has 1 aliphatic carbocycles. The fourth-order valence-corrected chi connectivity index (χ4v) is 1.68. The number of nitro benzene ring substituents is 1. The molecule has 2 rings (SSSR count). The van der Waals surface area contributed by atoms with Crippen LogP contribution in [0.5, 0.6) is 11.5 Å². The van der Waals surface area contributed by atoms with E-state index in [1.165, 1.54) is 25.3 Å². The Morgan fingerprint density at radius 2 is 2.12 bits per heavy atom. The quantitative estimate of drug-likeness (QED) is 0.636. The van der Waals surface area contributed by atoms with Crippen LogP contribution in [0.3, 0.4) is 0 Å². The SMILES string of the molecule is COc1ccc([N+](=O)[O-])cc1OC1CC(O)C1. The summed E-state index contributed by atoms with van der Waals surface area (Å²) in [5.74, 6) is 0.801. The number of nitrogens with zero attached hydrogens (tertiary/aromatic N) is 1. The van der Waals surface area contributed by atoms with Crippen molar-refractivity contribution in [1.82, 2.24) is 0 Å². The van der Waals surface area contributed by atoms with Gasteiger partial charge >= 0.3 is 0 Å². The Balaban J connectivity index is 2.17. The summed E-state index contributed by atoms with van der Waals surface area (Å²) in [6, 6.07) is 4.20. The molecule has 0 aliphatic heterocycles. The minimum atomic E-state index is -0.484. The minimum Gasteiger partial charge on any atom is -0.493 e. The topological polar surface area (TPSA) is 81.8 Å². The van der Waals surface area contributed by atoms with Crippen molar-refractivity contribution >= 4 is 5.69 Å². The van der Waals surface area contributed by atoms with Crippen LogP contribution in [0, 0.1) is 10.1 Å². The number of benzene rings is 1. The molecule has 0 radical (unpaired) electrons. The van der Waals surface area contributed by atoms with Gasteiger partial charge in [0.15, 0.2) is 11.5 Å². The molecule has 0 unspecified atom stereocenters. The summed E-state index contributed by atoms with van der Waals surface area (Å²) >= 11 is 0. The highest BCUT2D eigenvalue weighted by Crippen LogP contribution is 2.35. The van der Waals surface area contributed by atoms with Crippen molar-refractivity contribution in [3.63, 3.8) is 0 Å². The highest BCUT2D eigenvalue weighted by Gasteiger charge is 2.30. The zero-order valence-corrected chi connectivity index (χ0v) is 9.33. The van der Waals surface area contributed by atoms with Gasteiger partial charge in [-0.05, 0) is 6.07 Å². The third-order valence-corrected chi connectivity index (χ3v) is 2.72. The van der Waals surface area contributed by atoms with E-state index in [-0.39, 0.29) is 17.9 Å². The summed E-state index contributed by atoms with van der Waals surface area (Å²) < 4.78 is 10.6. The van der Waals surface area contributed by atoms with E-state index in [0.29, 0.717) is 24.3 Å². The molecular weight excluding hydrogens is 226 g/mol. The molecule has 92 valence electrons. The maximum absolute atomic E-state index is 10.6. The number of hydrogen-bond acceptors (Lipinski definition) is 5. The number of ether oxygens (including phenoxy) is 2. The number of methoxy groups -OCH3 is 1. The first kappa shape index (κ1) is 11.7. The lowest BCUT2D eigenvalue weighted by atomic mass is 9.92. The van der Waals surface area contributed by atoms with Crippen LogP contribution in [0.4, 0.5) is 5.69 Å². The lowest BCUT2D eigenvalue weighted by molar-refractivity contribution is -0.385. The maximum atomic E-state index is 10.6. The molecule has 0 heterocycles. The van der Waals surface area contributed by atoms with Crippen LogP contribution in [-0.4, -0.2) is 29.3 Å². The van der Waals surface area contributed by atoms with Crippen LogP contribution in [0.25, 0.3) is 0 Å². The Bertz CT molecular complexity index is 428. The largest absolute Gasteiger partial charge is 0.493 e. The van der Waals surface area contributed by atoms with Gasteiger partial charge in [-0.2, -0.15) is 0 Å². The van der Waals surface area contributed by atoms with Crippen molar-refractivity contribution in [3.05, 3.63) is 28.3 Å². The summed E-state index contributed by atoms with van der Waals surface area (Å²) in [5, 5.41) is 19.8. The molecule has 0 amide bonds. The summed E-state index contributed by atoms with van der Waals surface area (Å²) in [4.78, 5) is 10.2. The molecule has 1 fully saturated rings. The van der Waals surface area contributed by atoms with E-state index >= 15 is 0 Å². The third-order valence-electron chi connectivity index (χ3n) is 2.72. The summed E-state index contributed by atoms with van der Waals surface area (Å²) in [7, 11) is 1.48. The monoisotopic (exact) mass is 239 g/mol. The Morgan fingerprint density at radius 3 is 2.65 bits per heavy atom. The highest BCUT2D eigenvalue weighted by atomic mass is 16.6. The van der Waals surface area contributed by atoms with Gasteiger partial charge in [0.2, 0.25) is 0 Å². The fraction of sp³-hybridized carbons (Fsp3) is 0.455. The van der Waals surface area contributed by atoms with Crippen LogP contribution < -0.4 is 9.47 Å². The Kier molecular flexibility index (Phi) is 3.14. The molecule has 1 N–H and O–H groups in total. The molecule has 1 aromatic carbocycles. The molecule has 0 saturated heterocycles. The van der Waals surface area contributed by atoms with Crippen LogP contribution in [-0.2, 0) is 0 Å². The van der Waals surface area contributed by atoms with Crippen molar-refractivity contribution in [2.24, 2.45) is 0 Å². The van der Waals surface area contributed by atoms with Gasteiger partial charge in [-0.25, -0.2) is 0 Å². The summed E-state index contributed by atoms with van der Waals surface area (Å²) in [6.45, 7) is 0. The standard InChI is InChI=1S/C11H13NO5/c1-16-10-3-2-7(12(14)15)4-11(10)17-9-5-8(13)6-9/h2-4,8-9,13H,5-6H2,1H3. The molecule has 17 heavy (non-hydrogen) atoms. The second-order valence-electron chi connectivity index (χ2n) is 3.96. The molecule has 1 saturated carbocycles. The van der Waals surface area contributed by atoms with Crippen molar-refractivity contribution < 1.29 is 19.5 Å². The molecule has 6 nitrogen and oxygen atoms in total. The Labute approximate surface area is 97.9 Å². The molecular formula is C11H13NO5. The average Bonchev–Trinajstić information content (AvgIpc) is 2.26. The smallest absolute Gasteiger partial charge is 0.273 e. The summed E-state index contributed by atoms with van der Waals surface area (Å²) in [5.41, 5.74) is -0.0410. The molecule has 0 aromatic heterocycles. The zero-order chi connectivity index (χ0) is 12.4. The number of non-ortho nitro benzene ring substituents is 1. The number of hydrogen-bond donors (Lipinski definition) is 1. The molecule has 1 aliphatic rings. The van der Waals surface area contributed by atoms with Crippen LogP contribution in [0.15, 0.2) is 18.2 Å². The predicted molar refractivity (Wildman–Crippen MR) is 59.3 cm³/mol. The molecule has 1 aromatic rings. The fourth-order valence-electron chi connectivity index (χ4n) is 1.68. The lowest BCUT2D eigenvalue weighted by Crippen LogP contribution is -2.37. The van der Waals surface area contributed by atoms with E-state index in [1.807, 2.05) is 0 Å². The first-order chi connectivity index (χ1) is 8.10. The lowest BCUT2D eigenvalue weighted by Gasteiger charge is -2.31. The number of aliphatic hydroxyl groups excluding tert-OH is 1. The number of nitro groups is 1. The van der Waals surface area contributed by atoms with Crippen molar-refractivity contribution in [2.75, 3.05) is 7.11 Å². The first-order valence-corrected chi connectivity index (χ1v) is 5.27. The van der Waals surface area contributed by atoms with E-state index in [1.54, 1.807) is 0 Å². The van der Waals surface area contributed by atoms with Gasteiger partial charge in [0.05, 0.1) is 24.2 Å². The predicted octanol–water partition coefficient (Wildman–Crippen LogP) is 1.51. The molecule has 6 heteroatoms. The minimum absolute atomic E-state index is 0.0410. The van der Waals surface area contributed by atoms with Gasteiger partial charge in [-0.1, -0.05) is 0 Å². The van der Waals surface area contributed by atoms with Crippen LogP contribution >= 0.6 is 0 Å². The van der Waals surface area contributed by atoms with Crippen molar-refractivity contribution in [2.45, 2.75) is 25.0 Å². The maximum Gasteiger partial charge on any atom is 0.273 e.